The molecule has 5 heteroatoms. The lowest BCUT2D eigenvalue weighted by Gasteiger charge is -2.22. The Morgan fingerprint density at radius 3 is 2.52 bits per heavy atom. The largest absolute Gasteiger partial charge is 0.326 e. The molecule has 1 atom stereocenters. The van der Waals surface area contributed by atoms with Crippen LogP contribution in [0.5, 0.6) is 0 Å². The number of rotatable bonds is 4. The normalized spacial score (nSPS) is 12.1. The molecular weight excluding hydrogens is 314 g/mol. The number of nitrogens with two attached hydrogens (primary N) is 1. The van der Waals surface area contributed by atoms with Gasteiger partial charge in [0.1, 0.15) is 0 Å². The Labute approximate surface area is 146 Å². The number of nitrogens with one attached hydrogen (secondary N) is 1. The summed E-state index contributed by atoms with van der Waals surface area (Å²) in [5, 5.41) is 0.909. The Morgan fingerprint density at radius 1 is 1.16 bits per heavy atom. The SMILES string of the molecule is CC(C(=O)N(C)c1ccc(CN)cc1)c1cc2ccccc2[nH]c1=O. The van der Waals surface area contributed by atoms with Crippen molar-refractivity contribution in [3.05, 3.63) is 76.1 Å². The van der Waals surface area contributed by atoms with Gasteiger partial charge < -0.3 is 15.6 Å². The zero-order valence-electron chi connectivity index (χ0n) is 14.3. The average Bonchev–Trinajstić information content (AvgIpc) is 2.65. The van der Waals surface area contributed by atoms with Crippen LogP contribution in [0, 0.1) is 0 Å². The van der Waals surface area contributed by atoms with Crippen LogP contribution in [0.1, 0.15) is 24.0 Å². The molecule has 0 bridgehead atoms. The number of para-hydroxylation sites is 1. The van der Waals surface area contributed by atoms with E-state index in [0.29, 0.717) is 12.1 Å². The number of amides is 1. The fourth-order valence-electron chi connectivity index (χ4n) is 2.89. The Balaban J connectivity index is 1.91. The summed E-state index contributed by atoms with van der Waals surface area (Å²) < 4.78 is 0. The lowest BCUT2D eigenvalue weighted by molar-refractivity contribution is -0.119. The summed E-state index contributed by atoms with van der Waals surface area (Å²) in [4.78, 5) is 29.6. The van der Waals surface area contributed by atoms with Gasteiger partial charge in [0.15, 0.2) is 0 Å². The van der Waals surface area contributed by atoms with Gasteiger partial charge in [0.05, 0.1) is 5.92 Å². The van der Waals surface area contributed by atoms with E-state index in [0.717, 1.165) is 22.2 Å². The summed E-state index contributed by atoms with van der Waals surface area (Å²) in [5.74, 6) is -0.686. The van der Waals surface area contributed by atoms with Crippen molar-refractivity contribution >= 4 is 22.5 Å². The van der Waals surface area contributed by atoms with Crippen molar-refractivity contribution in [2.24, 2.45) is 5.73 Å². The third kappa shape index (κ3) is 3.32. The second-order valence-electron chi connectivity index (χ2n) is 6.13. The lowest BCUT2D eigenvalue weighted by atomic mass is 9.99. The second kappa shape index (κ2) is 6.91. The Hall–Kier alpha value is -2.92. The number of aromatic nitrogens is 1. The molecule has 3 aromatic rings. The third-order valence-corrected chi connectivity index (χ3v) is 4.51. The quantitative estimate of drug-likeness (QED) is 0.769. The summed E-state index contributed by atoms with van der Waals surface area (Å²) in [6, 6.07) is 16.8. The number of pyridine rings is 1. The number of carbonyl (C=O) groups excluding carboxylic acids is 1. The van der Waals surface area contributed by atoms with Crippen LogP contribution in [0.3, 0.4) is 0 Å². The molecule has 0 saturated heterocycles. The Bertz CT molecular complexity index is 961. The topological polar surface area (TPSA) is 79.2 Å². The zero-order chi connectivity index (χ0) is 18.0. The zero-order valence-corrected chi connectivity index (χ0v) is 14.3. The summed E-state index contributed by atoms with van der Waals surface area (Å²) in [6.45, 7) is 2.22. The van der Waals surface area contributed by atoms with Crippen LogP contribution >= 0.6 is 0 Å². The van der Waals surface area contributed by atoms with Crippen molar-refractivity contribution < 1.29 is 4.79 Å². The highest BCUT2D eigenvalue weighted by molar-refractivity contribution is 5.97. The van der Waals surface area contributed by atoms with Crippen LogP contribution in [0.4, 0.5) is 5.69 Å². The maximum atomic E-state index is 12.8. The summed E-state index contributed by atoms with van der Waals surface area (Å²) in [6.07, 6.45) is 0. The number of aromatic amines is 1. The van der Waals surface area contributed by atoms with Gasteiger partial charge in [0.25, 0.3) is 5.56 Å². The van der Waals surface area contributed by atoms with Gasteiger partial charge in [-0.2, -0.15) is 0 Å². The van der Waals surface area contributed by atoms with Gasteiger partial charge in [-0.15, -0.1) is 0 Å². The fraction of sp³-hybridized carbons (Fsp3) is 0.200. The highest BCUT2D eigenvalue weighted by atomic mass is 16.2. The fourth-order valence-corrected chi connectivity index (χ4v) is 2.89. The van der Waals surface area contributed by atoms with Crippen molar-refractivity contribution in [3.8, 4) is 0 Å². The van der Waals surface area contributed by atoms with Crippen molar-refractivity contribution in [2.45, 2.75) is 19.4 Å². The van der Waals surface area contributed by atoms with Gasteiger partial charge in [-0.25, -0.2) is 0 Å². The van der Waals surface area contributed by atoms with Crippen molar-refractivity contribution in [2.75, 3.05) is 11.9 Å². The van der Waals surface area contributed by atoms with Gasteiger partial charge in [-0.05, 0) is 42.1 Å². The molecule has 0 aliphatic carbocycles. The number of H-pyrrole nitrogens is 1. The Morgan fingerprint density at radius 2 is 1.84 bits per heavy atom. The monoisotopic (exact) mass is 335 g/mol. The van der Waals surface area contributed by atoms with Crippen LogP contribution in [0.15, 0.2) is 59.4 Å². The first-order valence-electron chi connectivity index (χ1n) is 8.20. The maximum Gasteiger partial charge on any atom is 0.252 e. The summed E-state index contributed by atoms with van der Waals surface area (Å²) >= 11 is 0. The first kappa shape index (κ1) is 16.9. The number of anilines is 1. The number of benzene rings is 2. The van der Waals surface area contributed by atoms with Crippen molar-refractivity contribution in [3.63, 3.8) is 0 Å². The van der Waals surface area contributed by atoms with E-state index in [2.05, 4.69) is 4.98 Å². The number of hydrogen-bond acceptors (Lipinski definition) is 3. The predicted octanol–water partition coefficient (Wildman–Crippen LogP) is 2.75. The minimum Gasteiger partial charge on any atom is -0.326 e. The molecule has 5 nitrogen and oxygen atoms in total. The van der Waals surface area contributed by atoms with E-state index in [1.807, 2.05) is 48.5 Å². The molecule has 3 N–H and O–H groups in total. The van der Waals surface area contributed by atoms with Gasteiger partial charge in [0.2, 0.25) is 5.91 Å². The number of nitrogens with zero attached hydrogens (tertiary/aromatic N) is 1. The van der Waals surface area contributed by atoms with E-state index in [4.69, 9.17) is 5.73 Å². The first-order chi connectivity index (χ1) is 12.0. The molecule has 0 saturated carbocycles. The first-order valence-corrected chi connectivity index (χ1v) is 8.20. The highest BCUT2D eigenvalue weighted by Gasteiger charge is 2.23. The predicted molar refractivity (Wildman–Crippen MR) is 101 cm³/mol. The van der Waals surface area contributed by atoms with E-state index in [9.17, 15) is 9.59 Å². The molecule has 1 heterocycles. The van der Waals surface area contributed by atoms with E-state index in [-0.39, 0.29) is 11.5 Å². The van der Waals surface area contributed by atoms with Crippen LogP contribution in [-0.4, -0.2) is 17.9 Å². The van der Waals surface area contributed by atoms with E-state index < -0.39 is 5.92 Å². The lowest BCUT2D eigenvalue weighted by Crippen LogP contribution is -2.33. The molecule has 0 radical (unpaired) electrons. The molecule has 1 aromatic heterocycles. The van der Waals surface area contributed by atoms with Crippen LogP contribution < -0.4 is 16.2 Å². The van der Waals surface area contributed by atoms with Gasteiger partial charge in [0, 0.05) is 30.4 Å². The van der Waals surface area contributed by atoms with Crippen molar-refractivity contribution in [1.29, 1.82) is 0 Å². The molecule has 1 amide bonds. The maximum absolute atomic E-state index is 12.8. The Kier molecular flexibility index (Phi) is 4.67. The van der Waals surface area contributed by atoms with Crippen LogP contribution in [0.25, 0.3) is 10.9 Å². The smallest absolute Gasteiger partial charge is 0.252 e. The number of carbonyl (C=O) groups is 1. The summed E-state index contributed by atoms with van der Waals surface area (Å²) in [7, 11) is 1.71. The molecule has 2 aromatic carbocycles. The molecule has 0 fully saturated rings. The molecule has 0 aliphatic heterocycles. The van der Waals surface area contributed by atoms with E-state index >= 15 is 0 Å². The summed E-state index contributed by atoms with van der Waals surface area (Å²) in [5.41, 5.74) is 8.38. The third-order valence-electron chi connectivity index (χ3n) is 4.51. The number of hydrogen-bond donors (Lipinski definition) is 2. The number of fused-ring (bicyclic) bond motifs is 1. The molecule has 25 heavy (non-hydrogen) atoms. The van der Waals surface area contributed by atoms with Gasteiger partial charge in [-0.3, -0.25) is 9.59 Å². The standard InChI is InChI=1S/C20H21N3O2/c1-13(17-11-15-5-3-4-6-18(15)22-19(17)24)20(25)23(2)16-9-7-14(12-21)8-10-16/h3-11,13H,12,21H2,1-2H3,(H,22,24). The van der Waals surface area contributed by atoms with Gasteiger partial charge in [-0.1, -0.05) is 30.3 Å². The second-order valence-corrected chi connectivity index (χ2v) is 6.13. The molecule has 128 valence electrons. The molecular formula is C20H21N3O2. The minimum absolute atomic E-state index is 0.138. The average molecular weight is 335 g/mol. The molecule has 1 unspecified atom stereocenters. The molecule has 0 aliphatic rings. The number of likely N-dealkylation sites (N-methyl/N-ethyl adjacent to an activating group) is 1. The van der Waals surface area contributed by atoms with E-state index in [1.165, 1.54) is 0 Å². The van der Waals surface area contributed by atoms with Gasteiger partial charge >= 0.3 is 0 Å². The minimum atomic E-state index is -0.549. The molecule has 3 rings (SSSR count). The van der Waals surface area contributed by atoms with Crippen LogP contribution in [-0.2, 0) is 11.3 Å². The molecule has 0 spiro atoms. The van der Waals surface area contributed by atoms with E-state index in [1.54, 1.807) is 24.9 Å². The van der Waals surface area contributed by atoms with Crippen molar-refractivity contribution in [1.82, 2.24) is 4.98 Å². The van der Waals surface area contributed by atoms with Crippen LogP contribution in [0.2, 0.25) is 0 Å². The highest BCUT2D eigenvalue weighted by Crippen LogP contribution is 2.22.